The minimum Gasteiger partial charge on any atom is -0.328 e. The number of carbonyl (C=O) groups excluding carboxylic acids is 1. The second-order valence-electron chi connectivity index (χ2n) is 5.75. The van der Waals surface area contributed by atoms with E-state index in [1.165, 1.54) is 6.07 Å². The normalized spacial score (nSPS) is 16.7. The minimum absolute atomic E-state index is 0.0570. The summed E-state index contributed by atoms with van der Waals surface area (Å²) in [7, 11) is 0. The van der Waals surface area contributed by atoms with Gasteiger partial charge in [-0.3, -0.25) is 9.59 Å². The Balaban J connectivity index is 1.79. The number of benzene rings is 1. The van der Waals surface area contributed by atoms with Crippen LogP contribution in [0.25, 0.3) is 11.3 Å². The van der Waals surface area contributed by atoms with Gasteiger partial charge >= 0.3 is 0 Å². The standard InChI is InChI=1S/C19H20N2O2/c1-2-5-16-6-4-13-21(16)19(23)15-11-9-14(10-12-15)17-7-3-8-18(22)20-17/h3-4,6-12,16H,2,5,13H2,1H3,(H,20,22). The number of aromatic amines is 1. The van der Waals surface area contributed by atoms with Gasteiger partial charge in [0.25, 0.3) is 5.91 Å². The average molecular weight is 308 g/mol. The van der Waals surface area contributed by atoms with E-state index in [1.807, 2.05) is 35.2 Å². The van der Waals surface area contributed by atoms with Gasteiger partial charge in [-0.1, -0.05) is 43.7 Å². The van der Waals surface area contributed by atoms with Crippen LogP contribution in [0.4, 0.5) is 0 Å². The minimum atomic E-state index is -0.131. The molecule has 0 spiro atoms. The molecule has 23 heavy (non-hydrogen) atoms. The van der Waals surface area contributed by atoms with Crippen LogP contribution in [0.1, 0.15) is 30.1 Å². The molecule has 3 rings (SSSR count). The first kappa shape index (κ1) is 15.3. The van der Waals surface area contributed by atoms with Crippen molar-refractivity contribution in [2.24, 2.45) is 0 Å². The van der Waals surface area contributed by atoms with E-state index in [0.29, 0.717) is 12.1 Å². The van der Waals surface area contributed by atoms with Crippen molar-refractivity contribution in [3.05, 3.63) is 70.5 Å². The van der Waals surface area contributed by atoms with Gasteiger partial charge in [-0.15, -0.1) is 0 Å². The number of nitrogens with zero attached hydrogens (tertiary/aromatic N) is 1. The second-order valence-corrected chi connectivity index (χ2v) is 5.75. The van der Waals surface area contributed by atoms with Crippen molar-refractivity contribution >= 4 is 5.91 Å². The van der Waals surface area contributed by atoms with Crippen LogP contribution in [0, 0.1) is 0 Å². The van der Waals surface area contributed by atoms with Crippen molar-refractivity contribution in [3.8, 4) is 11.3 Å². The Hall–Kier alpha value is -2.62. The van der Waals surface area contributed by atoms with Crippen molar-refractivity contribution in [1.29, 1.82) is 0 Å². The third kappa shape index (κ3) is 3.26. The highest BCUT2D eigenvalue weighted by molar-refractivity contribution is 5.95. The first-order chi connectivity index (χ1) is 11.2. The van der Waals surface area contributed by atoms with Crippen LogP contribution in [0.2, 0.25) is 0 Å². The summed E-state index contributed by atoms with van der Waals surface area (Å²) in [5.74, 6) is 0.0570. The Kier molecular flexibility index (Phi) is 4.42. The van der Waals surface area contributed by atoms with E-state index >= 15 is 0 Å². The number of carbonyl (C=O) groups is 1. The number of rotatable bonds is 4. The summed E-state index contributed by atoms with van der Waals surface area (Å²) in [5, 5.41) is 0. The number of hydrogen-bond donors (Lipinski definition) is 1. The van der Waals surface area contributed by atoms with E-state index in [2.05, 4.69) is 24.1 Å². The molecule has 1 N–H and O–H groups in total. The molecule has 0 saturated carbocycles. The molecular formula is C19H20N2O2. The summed E-state index contributed by atoms with van der Waals surface area (Å²) in [4.78, 5) is 28.7. The highest BCUT2D eigenvalue weighted by atomic mass is 16.2. The van der Waals surface area contributed by atoms with Gasteiger partial charge < -0.3 is 9.88 Å². The van der Waals surface area contributed by atoms with Crippen LogP contribution in [0.15, 0.2) is 59.4 Å². The van der Waals surface area contributed by atoms with Crippen molar-refractivity contribution in [2.45, 2.75) is 25.8 Å². The Morgan fingerprint density at radius 2 is 2.00 bits per heavy atom. The smallest absolute Gasteiger partial charge is 0.254 e. The number of aromatic nitrogens is 1. The zero-order valence-electron chi connectivity index (χ0n) is 13.2. The van der Waals surface area contributed by atoms with Crippen LogP contribution >= 0.6 is 0 Å². The summed E-state index contributed by atoms with van der Waals surface area (Å²) >= 11 is 0. The lowest BCUT2D eigenvalue weighted by Crippen LogP contribution is -2.35. The average Bonchev–Trinajstić information content (AvgIpc) is 3.03. The molecule has 1 aliphatic heterocycles. The fourth-order valence-electron chi connectivity index (χ4n) is 2.93. The van der Waals surface area contributed by atoms with Gasteiger partial charge in [-0.05, 0) is 30.2 Å². The van der Waals surface area contributed by atoms with Gasteiger partial charge in [0.2, 0.25) is 5.56 Å². The van der Waals surface area contributed by atoms with E-state index in [0.717, 1.165) is 24.1 Å². The number of amides is 1. The molecule has 0 fully saturated rings. The maximum atomic E-state index is 12.7. The van der Waals surface area contributed by atoms with E-state index in [1.54, 1.807) is 6.07 Å². The monoisotopic (exact) mass is 308 g/mol. The zero-order valence-corrected chi connectivity index (χ0v) is 13.2. The van der Waals surface area contributed by atoms with Crippen LogP contribution in [-0.2, 0) is 0 Å². The topological polar surface area (TPSA) is 53.2 Å². The van der Waals surface area contributed by atoms with Gasteiger partial charge in [-0.2, -0.15) is 0 Å². The van der Waals surface area contributed by atoms with Gasteiger partial charge in [0, 0.05) is 23.9 Å². The van der Waals surface area contributed by atoms with Gasteiger partial charge in [0.05, 0.1) is 6.04 Å². The number of hydrogen-bond acceptors (Lipinski definition) is 2. The second kappa shape index (κ2) is 6.65. The Morgan fingerprint density at radius 3 is 2.70 bits per heavy atom. The van der Waals surface area contributed by atoms with Gasteiger partial charge in [0.15, 0.2) is 0 Å². The van der Waals surface area contributed by atoms with E-state index in [4.69, 9.17) is 0 Å². The number of nitrogens with one attached hydrogen (secondary N) is 1. The first-order valence-corrected chi connectivity index (χ1v) is 7.96. The molecule has 118 valence electrons. The Bertz CT molecular complexity index is 774. The summed E-state index contributed by atoms with van der Waals surface area (Å²) in [6, 6.07) is 12.6. The molecule has 0 radical (unpaired) electrons. The van der Waals surface area contributed by atoms with Crippen molar-refractivity contribution < 1.29 is 4.79 Å². The predicted octanol–water partition coefficient (Wildman–Crippen LogP) is 3.22. The predicted molar refractivity (Wildman–Crippen MR) is 91.4 cm³/mol. The summed E-state index contributed by atoms with van der Waals surface area (Å²) < 4.78 is 0. The molecule has 1 unspecified atom stereocenters. The van der Waals surface area contributed by atoms with Crippen LogP contribution in [-0.4, -0.2) is 28.4 Å². The fourth-order valence-corrected chi connectivity index (χ4v) is 2.93. The molecule has 0 saturated heterocycles. The maximum absolute atomic E-state index is 12.7. The molecule has 2 heterocycles. The van der Waals surface area contributed by atoms with Crippen LogP contribution in [0.5, 0.6) is 0 Å². The summed E-state index contributed by atoms with van der Waals surface area (Å²) in [6.45, 7) is 2.81. The molecule has 1 amide bonds. The van der Waals surface area contributed by atoms with Crippen molar-refractivity contribution in [1.82, 2.24) is 9.88 Å². The molecular weight excluding hydrogens is 288 g/mol. The Morgan fingerprint density at radius 1 is 1.22 bits per heavy atom. The zero-order chi connectivity index (χ0) is 16.2. The number of H-pyrrole nitrogens is 1. The lowest BCUT2D eigenvalue weighted by molar-refractivity contribution is 0.0744. The SMILES string of the molecule is CCCC1C=CCN1C(=O)c1ccc(-c2cccc(=O)[nH]2)cc1. The molecule has 1 aliphatic rings. The lowest BCUT2D eigenvalue weighted by atomic mass is 10.1. The highest BCUT2D eigenvalue weighted by Gasteiger charge is 2.24. The van der Waals surface area contributed by atoms with Gasteiger partial charge in [-0.25, -0.2) is 0 Å². The summed E-state index contributed by atoms with van der Waals surface area (Å²) in [6.07, 6.45) is 6.22. The highest BCUT2D eigenvalue weighted by Crippen LogP contribution is 2.21. The van der Waals surface area contributed by atoms with E-state index in [9.17, 15) is 9.59 Å². The quantitative estimate of drug-likeness (QED) is 0.882. The first-order valence-electron chi connectivity index (χ1n) is 7.96. The molecule has 4 heteroatoms. The van der Waals surface area contributed by atoms with Crippen LogP contribution < -0.4 is 5.56 Å². The van der Waals surface area contributed by atoms with Crippen molar-refractivity contribution in [2.75, 3.05) is 6.54 Å². The molecule has 2 aromatic rings. The maximum Gasteiger partial charge on any atom is 0.254 e. The van der Waals surface area contributed by atoms with Crippen molar-refractivity contribution in [3.63, 3.8) is 0 Å². The van der Waals surface area contributed by atoms with Gasteiger partial charge in [0.1, 0.15) is 0 Å². The van der Waals surface area contributed by atoms with E-state index < -0.39 is 0 Å². The molecule has 0 aliphatic carbocycles. The summed E-state index contributed by atoms with van der Waals surface area (Å²) in [5.41, 5.74) is 2.19. The fraction of sp³-hybridized carbons (Fsp3) is 0.263. The number of pyridine rings is 1. The third-order valence-electron chi connectivity index (χ3n) is 4.12. The molecule has 4 nitrogen and oxygen atoms in total. The molecule has 1 atom stereocenters. The van der Waals surface area contributed by atoms with E-state index in [-0.39, 0.29) is 17.5 Å². The Labute approximate surface area is 135 Å². The molecule has 1 aromatic carbocycles. The molecule has 0 bridgehead atoms. The van der Waals surface area contributed by atoms with Crippen LogP contribution in [0.3, 0.4) is 0 Å². The lowest BCUT2D eigenvalue weighted by Gasteiger charge is -2.24. The third-order valence-corrected chi connectivity index (χ3v) is 4.12. The largest absolute Gasteiger partial charge is 0.328 e. The molecule has 1 aromatic heterocycles.